The van der Waals surface area contributed by atoms with E-state index in [0.29, 0.717) is 16.1 Å². The summed E-state index contributed by atoms with van der Waals surface area (Å²) in [7, 11) is 0. The number of benzene rings is 2. The molecule has 0 fully saturated rings. The second-order valence-electron chi connectivity index (χ2n) is 6.25. The molecule has 0 aliphatic rings. The average molecular weight is 443 g/mol. The summed E-state index contributed by atoms with van der Waals surface area (Å²) >= 11 is 7.50. The van der Waals surface area contributed by atoms with Gasteiger partial charge in [-0.25, -0.2) is 0 Å². The molecule has 7 nitrogen and oxygen atoms in total. The Kier molecular flexibility index (Phi) is 5.52. The molecule has 4 rings (SSSR count). The number of ether oxygens (including phenoxy) is 1. The fourth-order valence-electron chi connectivity index (χ4n) is 3.03. The highest BCUT2D eigenvalue weighted by atomic mass is 35.5. The van der Waals surface area contributed by atoms with Gasteiger partial charge in [0.15, 0.2) is 4.80 Å². The van der Waals surface area contributed by atoms with Crippen LogP contribution in [-0.4, -0.2) is 23.1 Å². The van der Waals surface area contributed by atoms with Crippen molar-refractivity contribution in [2.75, 3.05) is 6.61 Å². The van der Waals surface area contributed by atoms with E-state index in [1.165, 1.54) is 15.9 Å². The van der Waals surface area contributed by atoms with Crippen molar-refractivity contribution in [1.82, 2.24) is 4.57 Å². The van der Waals surface area contributed by atoms with Crippen molar-refractivity contribution in [1.29, 1.82) is 0 Å². The Hall–Kier alpha value is -3.23. The van der Waals surface area contributed by atoms with Gasteiger partial charge in [-0.05, 0) is 31.2 Å². The van der Waals surface area contributed by atoms with E-state index >= 15 is 0 Å². The Balaban J connectivity index is 1.87. The molecule has 0 saturated heterocycles. The highest BCUT2D eigenvalue weighted by Crippen LogP contribution is 2.25. The number of thiazole rings is 1. The Bertz CT molecular complexity index is 1420. The molecule has 2 aromatic carbocycles. The Morgan fingerprint density at radius 3 is 2.80 bits per heavy atom. The van der Waals surface area contributed by atoms with Gasteiger partial charge in [-0.2, -0.15) is 4.99 Å². The van der Waals surface area contributed by atoms with Crippen molar-refractivity contribution in [3.05, 3.63) is 74.3 Å². The van der Waals surface area contributed by atoms with E-state index in [4.69, 9.17) is 20.8 Å². The molecule has 9 heteroatoms. The zero-order chi connectivity index (χ0) is 21.3. The van der Waals surface area contributed by atoms with Crippen LogP contribution in [-0.2, 0) is 16.1 Å². The summed E-state index contributed by atoms with van der Waals surface area (Å²) in [6.45, 7) is 1.75. The minimum Gasteiger partial charge on any atom is -0.465 e. The fraction of sp³-hybridized carbons (Fsp3) is 0.143. The van der Waals surface area contributed by atoms with Gasteiger partial charge in [0.05, 0.1) is 27.2 Å². The number of carbonyl (C=O) groups excluding carboxylic acids is 2. The lowest BCUT2D eigenvalue weighted by Gasteiger charge is -2.06. The van der Waals surface area contributed by atoms with Crippen molar-refractivity contribution in [3.8, 4) is 0 Å². The highest BCUT2D eigenvalue weighted by molar-refractivity contribution is 7.16. The number of halogens is 1. The highest BCUT2D eigenvalue weighted by Gasteiger charge is 2.17. The third-order valence-electron chi connectivity index (χ3n) is 4.35. The predicted octanol–water partition coefficient (Wildman–Crippen LogP) is 3.77. The molecule has 0 spiro atoms. The fourth-order valence-corrected chi connectivity index (χ4v) is 4.41. The Morgan fingerprint density at radius 2 is 2.00 bits per heavy atom. The number of amides is 1. The first-order valence-electron chi connectivity index (χ1n) is 9.02. The van der Waals surface area contributed by atoms with Gasteiger partial charge in [0.1, 0.15) is 24.0 Å². The molecule has 0 saturated carbocycles. The predicted molar refractivity (Wildman–Crippen MR) is 114 cm³/mol. The van der Waals surface area contributed by atoms with Gasteiger partial charge in [0, 0.05) is 0 Å². The first-order chi connectivity index (χ1) is 14.5. The summed E-state index contributed by atoms with van der Waals surface area (Å²) in [6.07, 6.45) is 1.10. The third kappa shape index (κ3) is 3.67. The number of fused-ring (bicyclic) bond motifs is 2. The topological polar surface area (TPSA) is 90.9 Å². The standard InChI is InChI=1S/C21H15ClN2O5S/c1-2-28-17(25)10-24-18-14(22)7-5-9-16(18)30-21(24)23-20(27)13-11-29-15-8-4-3-6-12(15)19(13)26/h3-9,11H,2,10H2,1H3. The van der Waals surface area contributed by atoms with Crippen LogP contribution in [0.2, 0.25) is 5.02 Å². The number of para-hydroxylation sites is 2. The second kappa shape index (κ2) is 8.25. The van der Waals surface area contributed by atoms with Crippen molar-refractivity contribution in [2.45, 2.75) is 13.5 Å². The Morgan fingerprint density at radius 1 is 1.20 bits per heavy atom. The van der Waals surface area contributed by atoms with E-state index < -0.39 is 17.3 Å². The molecule has 1 amide bonds. The third-order valence-corrected chi connectivity index (χ3v) is 5.70. The number of aromatic nitrogens is 1. The SMILES string of the molecule is CCOC(=O)Cn1c(=NC(=O)c2coc3ccccc3c2=O)sc2cccc(Cl)c21. The van der Waals surface area contributed by atoms with Gasteiger partial charge in [-0.15, -0.1) is 0 Å². The van der Waals surface area contributed by atoms with Crippen molar-refractivity contribution < 1.29 is 18.7 Å². The number of hydrogen-bond donors (Lipinski definition) is 0. The summed E-state index contributed by atoms with van der Waals surface area (Å²) in [6, 6.07) is 11.9. The van der Waals surface area contributed by atoms with Crippen molar-refractivity contribution in [2.24, 2.45) is 4.99 Å². The molecule has 2 aromatic heterocycles. The molecule has 0 aliphatic heterocycles. The lowest BCUT2D eigenvalue weighted by molar-refractivity contribution is -0.143. The smallest absolute Gasteiger partial charge is 0.326 e. The number of nitrogens with zero attached hydrogens (tertiary/aromatic N) is 2. The quantitative estimate of drug-likeness (QED) is 0.449. The van der Waals surface area contributed by atoms with Gasteiger partial charge < -0.3 is 13.7 Å². The van der Waals surface area contributed by atoms with Crippen LogP contribution in [0.15, 0.2) is 62.9 Å². The lowest BCUT2D eigenvalue weighted by atomic mass is 10.2. The zero-order valence-electron chi connectivity index (χ0n) is 15.8. The van der Waals surface area contributed by atoms with E-state index in [0.717, 1.165) is 11.0 Å². The number of rotatable bonds is 4. The molecular formula is C21H15ClN2O5S. The normalized spacial score (nSPS) is 11.9. The molecule has 0 unspecified atom stereocenters. The number of hydrogen-bond acceptors (Lipinski definition) is 6. The van der Waals surface area contributed by atoms with E-state index in [-0.39, 0.29) is 28.9 Å². The second-order valence-corrected chi connectivity index (χ2v) is 7.67. The van der Waals surface area contributed by atoms with Crippen molar-refractivity contribution >= 4 is 56.0 Å². The van der Waals surface area contributed by atoms with E-state index in [9.17, 15) is 14.4 Å². The van der Waals surface area contributed by atoms with Crippen LogP contribution < -0.4 is 10.2 Å². The first kappa shape index (κ1) is 20.1. The molecule has 2 heterocycles. The maximum atomic E-state index is 12.8. The van der Waals surface area contributed by atoms with Gasteiger partial charge >= 0.3 is 5.97 Å². The average Bonchev–Trinajstić information content (AvgIpc) is 3.06. The van der Waals surface area contributed by atoms with E-state index in [2.05, 4.69) is 4.99 Å². The largest absolute Gasteiger partial charge is 0.465 e. The minimum atomic E-state index is -0.769. The van der Waals surface area contributed by atoms with Crippen LogP contribution >= 0.6 is 22.9 Å². The summed E-state index contributed by atoms with van der Waals surface area (Å²) in [5.74, 6) is -1.26. The summed E-state index contributed by atoms with van der Waals surface area (Å²) in [4.78, 5) is 41.9. The van der Waals surface area contributed by atoms with Crippen LogP contribution in [0.4, 0.5) is 0 Å². The molecule has 0 aliphatic carbocycles. The maximum Gasteiger partial charge on any atom is 0.326 e. The van der Waals surface area contributed by atoms with Crippen LogP contribution in [0.3, 0.4) is 0 Å². The lowest BCUT2D eigenvalue weighted by Crippen LogP contribution is -2.24. The maximum absolute atomic E-state index is 12.8. The molecule has 30 heavy (non-hydrogen) atoms. The molecule has 4 aromatic rings. The van der Waals surface area contributed by atoms with E-state index in [1.807, 2.05) is 0 Å². The summed E-state index contributed by atoms with van der Waals surface area (Å²) < 4.78 is 12.7. The molecule has 152 valence electrons. The van der Waals surface area contributed by atoms with Crippen molar-refractivity contribution in [3.63, 3.8) is 0 Å². The summed E-state index contributed by atoms with van der Waals surface area (Å²) in [5, 5.41) is 0.699. The van der Waals surface area contributed by atoms with Gasteiger partial charge in [-0.1, -0.05) is 41.1 Å². The van der Waals surface area contributed by atoms with Crippen LogP contribution in [0.1, 0.15) is 17.3 Å². The van der Waals surface area contributed by atoms with Crippen LogP contribution in [0.25, 0.3) is 21.2 Å². The first-order valence-corrected chi connectivity index (χ1v) is 10.2. The Labute approximate surface area is 178 Å². The number of carbonyl (C=O) groups is 2. The van der Waals surface area contributed by atoms with Gasteiger partial charge in [0.25, 0.3) is 5.91 Å². The molecule has 0 N–H and O–H groups in total. The monoisotopic (exact) mass is 442 g/mol. The molecule has 0 radical (unpaired) electrons. The zero-order valence-corrected chi connectivity index (χ0v) is 17.3. The van der Waals surface area contributed by atoms with Gasteiger partial charge in [-0.3, -0.25) is 14.4 Å². The van der Waals surface area contributed by atoms with E-state index in [1.54, 1.807) is 49.4 Å². The molecular weight excluding hydrogens is 428 g/mol. The molecule has 0 atom stereocenters. The van der Waals surface area contributed by atoms with Crippen LogP contribution in [0.5, 0.6) is 0 Å². The van der Waals surface area contributed by atoms with Crippen LogP contribution in [0, 0.1) is 0 Å². The summed E-state index contributed by atoms with van der Waals surface area (Å²) in [5.41, 5.74) is 0.279. The van der Waals surface area contributed by atoms with Gasteiger partial charge in [0.2, 0.25) is 5.43 Å². The number of esters is 1. The molecule has 0 bridgehead atoms. The minimum absolute atomic E-state index is 0.171.